The third-order valence-corrected chi connectivity index (χ3v) is 1.88. The van der Waals surface area contributed by atoms with Crippen LogP contribution in [0.3, 0.4) is 0 Å². The lowest BCUT2D eigenvalue weighted by molar-refractivity contribution is 0.0919. The van der Waals surface area contributed by atoms with E-state index >= 15 is 0 Å². The maximum absolute atomic E-state index is 12.8. The fourth-order valence-corrected chi connectivity index (χ4v) is 1.15. The molecule has 88 valence electrons. The summed E-state index contributed by atoms with van der Waals surface area (Å²) in [5.41, 5.74) is 5.53. The molecule has 0 unspecified atom stereocenters. The molecule has 0 atom stereocenters. The highest BCUT2D eigenvalue weighted by Crippen LogP contribution is 2.02. The second-order valence-corrected chi connectivity index (χ2v) is 3.17. The molecular formula is C11H15FN2O2. The second-order valence-electron chi connectivity index (χ2n) is 3.17. The topological polar surface area (TPSA) is 64.3 Å². The number of halogens is 1. The van der Waals surface area contributed by atoms with Crippen molar-refractivity contribution in [3.05, 3.63) is 35.6 Å². The van der Waals surface area contributed by atoms with Gasteiger partial charge in [-0.15, -0.1) is 0 Å². The number of hydrogen-bond donors (Lipinski definition) is 2. The van der Waals surface area contributed by atoms with Gasteiger partial charge in [-0.1, -0.05) is 6.07 Å². The van der Waals surface area contributed by atoms with Crippen molar-refractivity contribution in [3.8, 4) is 0 Å². The van der Waals surface area contributed by atoms with Crippen LogP contribution in [0.4, 0.5) is 4.39 Å². The van der Waals surface area contributed by atoms with Gasteiger partial charge in [-0.25, -0.2) is 4.39 Å². The Morgan fingerprint density at radius 2 is 2.25 bits per heavy atom. The first kappa shape index (κ1) is 12.6. The Kier molecular flexibility index (Phi) is 5.45. The number of carbonyl (C=O) groups is 1. The molecular weight excluding hydrogens is 211 g/mol. The summed E-state index contributed by atoms with van der Waals surface area (Å²) in [6.07, 6.45) is 0. The maximum atomic E-state index is 12.8. The molecule has 0 aromatic heterocycles. The summed E-state index contributed by atoms with van der Waals surface area (Å²) in [6, 6.07) is 5.53. The average Bonchev–Trinajstić information content (AvgIpc) is 2.28. The highest BCUT2D eigenvalue weighted by atomic mass is 19.1. The van der Waals surface area contributed by atoms with Crippen LogP contribution in [0.15, 0.2) is 24.3 Å². The Labute approximate surface area is 93.6 Å². The molecule has 4 nitrogen and oxygen atoms in total. The Balaban J connectivity index is 2.30. The van der Waals surface area contributed by atoms with Crippen molar-refractivity contribution in [3.63, 3.8) is 0 Å². The molecule has 0 aliphatic heterocycles. The number of benzene rings is 1. The van der Waals surface area contributed by atoms with Gasteiger partial charge in [-0.05, 0) is 18.2 Å². The first-order valence-corrected chi connectivity index (χ1v) is 5.05. The van der Waals surface area contributed by atoms with Crippen molar-refractivity contribution in [2.24, 2.45) is 5.73 Å². The van der Waals surface area contributed by atoms with Gasteiger partial charge in [0.15, 0.2) is 0 Å². The Morgan fingerprint density at radius 1 is 1.44 bits per heavy atom. The van der Waals surface area contributed by atoms with Gasteiger partial charge in [-0.2, -0.15) is 0 Å². The Bertz CT molecular complexity index is 345. The summed E-state index contributed by atoms with van der Waals surface area (Å²) in [5, 5.41) is 2.61. The van der Waals surface area contributed by atoms with E-state index in [1.165, 1.54) is 18.2 Å². The van der Waals surface area contributed by atoms with Gasteiger partial charge in [0, 0.05) is 18.7 Å². The van der Waals surface area contributed by atoms with Crippen molar-refractivity contribution < 1.29 is 13.9 Å². The molecule has 1 amide bonds. The molecule has 0 heterocycles. The fourth-order valence-electron chi connectivity index (χ4n) is 1.15. The van der Waals surface area contributed by atoms with Gasteiger partial charge in [0.1, 0.15) is 5.82 Å². The zero-order chi connectivity index (χ0) is 11.8. The first-order chi connectivity index (χ1) is 7.74. The van der Waals surface area contributed by atoms with E-state index in [2.05, 4.69) is 5.32 Å². The van der Waals surface area contributed by atoms with Crippen molar-refractivity contribution >= 4 is 5.91 Å². The third kappa shape index (κ3) is 4.37. The van der Waals surface area contributed by atoms with Crippen molar-refractivity contribution in [2.45, 2.75) is 0 Å². The van der Waals surface area contributed by atoms with Gasteiger partial charge >= 0.3 is 0 Å². The predicted molar refractivity (Wildman–Crippen MR) is 58.6 cm³/mol. The lowest BCUT2D eigenvalue weighted by atomic mass is 10.2. The Hall–Kier alpha value is -1.46. The predicted octanol–water partition coefficient (Wildman–Crippen LogP) is 0.531. The standard InChI is InChI=1S/C11H15FN2O2/c12-10-3-1-2-9(8-10)11(15)14-5-7-16-6-4-13/h1-3,8H,4-7,13H2,(H,14,15). The molecule has 0 radical (unpaired) electrons. The monoisotopic (exact) mass is 226 g/mol. The van der Waals surface area contributed by atoms with Crippen LogP contribution < -0.4 is 11.1 Å². The Morgan fingerprint density at radius 3 is 2.94 bits per heavy atom. The van der Waals surface area contributed by atoms with Crippen LogP contribution in [-0.2, 0) is 4.74 Å². The zero-order valence-electron chi connectivity index (χ0n) is 8.91. The van der Waals surface area contributed by atoms with E-state index in [9.17, 15) is 9.18 Å². The van der Waals surface area contributed by atoms with Crippen LogP contribution in [-0.4, -0.2) is 32.2 Å². The number of rotatable bonds is 6. The van der Waals surface area contributed by atoms with Crippen LogP contribution in [0.1, 0.15) is 10.4 Å². The fraction of sp³-hybridized carbons (Fsp3) is 0.364. The van der Waals surface area contributed by atoms with Crippen molar-refractivity contribution in [1.82, 2.24) is 5.32 Å². The quantitative estimate of drug-likeness (QED) is 0.695. The molecule has 1 rings (SSSR count). The molecule has 1 aromatic rings. The summed E-state index contributed by atoms with van der Waals surface area (Å²) in [7, 11) is 0. The molecule has 16 heavy (non-hydrogen) atoms. The minimum absolute atomic E-state index is 0.304. The van der Waals surface area contributed by atoms with Gasteiger partial charge in [0.2, 0.25) is 0 Å². The number of amides is 1. The van der Waals surface area contributed by atoms with Crippen LogP contribution in [0.25, 0.3) is 0 Å². The molecule has 0 aliphatic rings. The summed E-state index contributed by atoms with van der Waals surface area (Å²) in [5.74, 6) is -0.733. The normalized spacial score (nSPS) is 10.1. The summed E-state index contributed by atoms with van der Waals surface area (Å²) in [4.78, 5) is 11.5. The van der Waals surface area contributed by atoms with E-state index < -0.39 is 5.82 Å². The number of nitrogens with one attached hydrogen (secondary N) is 1. The highest BCUT2D eigenvalue weighted by molar-refractivity contribution is 5.94. The molecule has 0 aliphatic carbocycles. The minimum atomic E-state index is -0.424. The molecule has 1 aromatic carbocycles. The van der Waals surface area contributed by atoms with Crippen molar-refractivity contribution in [1.29, 1.82) is 0 Å². The molecule has 0 saturated heterocycles. The van der Waals surface area contributed by atoms with Gasteiger partial charge < -0.3 is 15.8 Å². The van der Waals surface area contributed by atoms with Crippen molar-refractivity contribution in [2.75, 3.05) is 26.3 Å². The zero-order valence-corrected chi connectivity index (χ0v) is 8.91. The van der Waals surface area contributed by atoms with Crippen LogP contribution >= 0.6 is 0 Å². The summed E-state index contributed by atoms with van der Waals surface area (Å²) < 4.78 is 17.9. The molecule has 5 heteroatoms. The smallest absolute Gasteiger partial charge is 0.251 e. The molecule has 0 saturated carbocycles. The van der Waals surface area contributed by atoms with E-state index in [0.29, 0.717) is 31.9 Å². The first-order valence-electron chi connectivity index (χ1n) is 5.05. The number of carbonyl (C=O) groups excluding carboxylic acids is 1. The van der Waals surface area contributed by atoms with Crippen LogP contribution in [0.2, 0.25) is 0 Å². The van der Waals surface area contributed by atoms with Gasteiger partial charge in [0.25, 0.3) is 5.91 Å². The molecule has 0 fully saturated rings. The SMILES string of the molecule is NCCOCCNC(=O)c1cccc(F)c1. The molecule has 0 spiro atoms. The maximum Gasteiger partial charge on any atom is 0.251 e. The van der Waals surface area contributed by atoms with E-state index in [1.807, 2.05) is 0 Å². The van der Waals surface area contributed by atoms with E-state index in [0.717, 1.165) is 0 Å². The minimum Gasteiger partial charge on any atom is -0.378 e. The highest BCUT2D eigenvalue weighted by Gasteiger charge is 2.04. The van der Waals surface area contributed by atoms with Gasteiger partial charge in [-0.3, -0.25) is 4.79 Å². The van der Waals surface area contributed by atoms with Crippen LogP contribution in [0.5, 0.6) is 0 Å². The second kappa shape index (κ2) is 6.92. The number of nitrogens with two attached hydrogens (primary N) is 1. The number of ether oxygens (including phenoxy) is 1. The largest absolute Gasteiger partial charge is 0.378 e. The average molecular weight is 226 g/mol. The lowest BCUT2D eigenvalue weighted by Gasteiger charge is -2.05. The van der Waals surface area contributed by atoms with Crippen LogP contribution in [0, 0.1) is 5.82 Å². The van der Waals surface area contributed by atoms with E-state index in [1.54, 1.807) is 6.07 Å². The lowest BCUT2D eigenvalue weighted by Crippen LogP contribution is -2.27. The van der Waals surface area contributed by atoms with E-state index in [-0.39, 0.29) is 5.91 Å². The molecule has 3 N–H and O–H groups in total. The summed E-state index contributed by atoms with van der Waals surface area (Å²) >= 11 is 0. The summed E-state index contributed by atoms with van der Waals surface area (Å²) in [6.45, 7) is 1.71. The van der Waals surface area contributed by atoms with Gasteiger partial charge in [0.05, 0.1) is 13.2 Å². The molecule has 0 bridgehead atoms. The number of hydrogen-bond acceptors (Lipinski definition) is 3. The third-order valence-electron chi connectivity index (χ3n) is 1.88. The van der Waals surface area contributed by atoms with E-state index in [4.69, 9.17) is 10.5 Å².